The first kappa shape index (κ1) is 15.8. The van der Waals surface area contributed by atoms with E-state index in [4.69, 9.17) is 19.3 Å². The number of methoxy groups -OCH3 is 1. The van der Waals surface area contributed by atoms with Crippen molar-refractivity contribution < 1.29 is 24.2 Å². The summed E-state index contributed by atoms with van der Waals surface area (Å²) >= 11 is 0. The molecular weight excluding hydrogens is 246 g/mol. The Hall–Kier alpha value is -1.30. The standard InChI is InChI=1S/C14H23NO4/c1-15(7-9-16)8-10-18-11-12-19-14-5-3-13(17-2)4-6-14/h3-6,16H,7-12H2,1-2H3/p+1. The molecule has 0 amide bonds. The first-order chi connectivity index (χ1) is 9.26. The molecule has 1 rings (SSSR count). The van der Waals surface area contributed by atoms with Crippen LogP contribution < -0.4 is 14.4 Å². The predicted octanol–water partition coefficient (Wildman–Crippen LogP) is -0.402. The molecule has 19 heavy (non-hydrogen) atoms. The largest absolute Gasteiger partial charge is 0.497 e. The van der Waals surface area contributed by atoms with Gasteiger partial charge in [0, 0.05) is 0 Å². The Balaban J connectivity index is 2.04. The molecule has 0 bridgehead atoms. The summed E-state index contributed by atoms with van der Waals surface area (Å²) in [7, 11) is 3.67. The minimum atomic E-state index is 0.215. The normalized spacial score (nSPS) is 12.2. The smallest absolute Gasteiger partial charge is 0.119 e. The Morgan fingerprint density at radius 3 is 2.32 bits per heavy atom. The molecule has 1 aromatic rings. The second kappa shape index (κ2) is 9.61. The van der Waals surface area contributed by atoms with Gasteiger partial charge in [0.05, 0.1) is 34.0 Å². The molecule has 0 radical (unpaired) electrons. The van der Waals surface area contributed by atoms with Gasteiger partial charge in [-0.25, -0.2) is 0 Å². The number of aliphatic hydroxyl groups is 1. The molecule has 0 aliphatic heterocycles. The highest BCUT2D eigenvalue weighted by Crippen LogP contribution is 2.16. The number of hydrogen-bond acceptors (Lipinski definition) is 4. The van der Waals surface area contributed by atoms with Crippen LogP contribution in [0, 0.1) is 0 Å². The molecule has 5 heteroatoms. The first-order valence-corrected chi connectivity index (χ1v) is 6.53. The molecule has 0 aliphatic carbocycles. The summed E-state index contributed by atoms with van der Waals surface area (Å²) < 4.78 is 16.1. The van der Waals surface area contributed by atoms with Gasteiger partial charge in [-0.2, -0.15) is 0 Å². The summed E-state index contributed by atoms with van der Waals surface area (Å²) in [4.78, 5) is 1.26. The number of ether oxygens (including phenoxy) is 3. The number of nitrogens with one attached hydrogen (secondary N) is 1. The van der Waals surface area contributed by atoms with E-state index < -0.39 is 0 Å². The van der Waals surface area contributed by atoms with Crippen molar-refractivity contribution >= 4 is 0 Å². The molecule has 108 valence electrons. The summed E-state index contributed by atoms with van der Waals surface area (Å²) in [6, 6.07) is 7.48. The maximum absolute atomic E-state index is 8.75. The quantitative estimate of drug-likeness (QED) is 0.568. The maximum atomic E-state index is 8.75. The van der Waals surface area contributed by atoms with Crippen molar-refractivity contribution in [3.63, 3.8) is 0 Å². The molecule has 0 heterocycles. The summed E-state index contributed by atoms with van der Waals surface area (Å²) in [6.45, 7) is 3.64. The summed E-state index contributed by atoms with van der Waals surface area (Å²) in [6.07, 6.45) is 0. The van der Waals surface area contributed by atoms with Crippen LogP contribution in [0.4, 0.5) is 0 Å². The zero-order chi connectivity index (χ0) is 13.9. The predicted molar refractivity (Wildman–Crippen MR) is 73.0 cm³/mol. The van der Waals surface area contributed by atoms with Gasteiger partial charge in [-0.15, -0.1) is 0 Å². The number of quaternary nitrogens is 1. The van der Waals surface area contributed by atoms with E-state index >= 15 is 0 Å². The maximum Gasteiger partial charge on any atom is 0.119 e. The van der Waals surface area contributed by atoms with Gasteiger partial charge in [0.25, 0.3) is 0 Å². The van der Waals surface area contributed by atoms with E-state index in [9.17, 15) is 0 Å². The fourth-order valence-electron chi connectivity index (χ4n) is 1.55. The van der Waals surface area contributed by atoms with Crippen LogP contribution in [0.1, 0.15) is 0 Å². The third-order valence-electron chi connectivity index (χ3n) is 2.77. The first-order valence-electron chi connectivity index (χ1n) is 6.53. The Bertz CT molecular complexity index is 329. The highest BCUT2D eigenvalue weighted by Gasteiger charge is 2.00. The Morgan fingerprint density at radius 1 is 1.00 bits per heavy atom. The molecule has 0 aliphatic rings. The molecule has 0 aromatic heterocycles. The van der Waals surface area contributed by atoms with Gasteiger partial charge in [0.15, 0.2) is 0 Å². The van der Waals surface area contributed by atoms with E-state index in [0.717, 1.165) is 24.6 Å². The minimum absolute atomic E-state index is 0.215. The highest BCUT2D eigenvalue weighted by atomic mass is 16.5. The molecule has 0 saturated carbocycles. The number of hydrogen-bond donors (Lipinski definition) is 2. The van der Waals surface area contributed by atoms with Crippen molar-refractivity contribution in [1.29, 1.82) is 0 Å². The minimum Gasteiger partial charge on any atom is -0.497 e. The number of benzene rings is 1. The summed E-state index contributed by atoms with van der Waals surface area (Å²) in [5.74, 6) is 1.63. The molecule has 1 atom stereocenters. The number of aliphatic hydroxyl groups excluding tert-OH is 1. The second-order valence-electron chi connectivity index (χ2n) is 4.32. The summed E-state index contributed by atoms with van der Waals surface area (Å²) in [5, 5.41) is 8.75. The topological polar surface area (TPSA) is 52.4 Å². The van der Waals surface area contributed by atoms with E-state index in [2.05, 4.69) is 0 Å². The zero-order valence-corrected chi connectivity index (χ0v) is 11.7. The fourth-order valence-corrected chi connectivity index (χ4v) is 1.55. The Kier molecular flexibility index (Phi) is 7.97. The molecule has 1 unspecified atom stereocenters. The molecule has 1 aromatic carbocycles. The molecule has 2 N–H and O–H groups in total. The van der Waals surface area contributed by atoms with Crippen molar-refractivity contribution in [2.75, 3.05) is 53.7 Å². The lowest BCUT2D eigenvalue weighted by molar-refractivity contribution is -0.880. The average Bonchev–Trinajstić information content (AvgIpc) is 2.43. The van der Waals surface area contributed by atoms with Crippen LogP contribution in [0.5, 0.6) is 11.5 Å². The van der Waals surface area contributed by atoms with Gasteiger partial charge in [-0.1, -0.05) is 0 Å². The lowest BCUT2D eigenvalue weighted by Crippen LogP contribution is -3.10. The molecule has 0 saturated heterocycles. The van der Waals surface area contributed by atoms with Crippen molar-refractivity contribution in [3.8, 4) is 11.5 Å². The lowest BCUT2D eigenvalue weighted by atomic mass is 10.3. The van der Waals surface area contributed by atoms with Crippen LogP contribution in [0.2, 0.25) is 0 Å². The van der Waals surface area contributed by atoms with Gasteiger partial charge in [-0.3, -0.25) is 0 Å². The van der Waals surface area contributed by atoms with Crippen molar-refractivity contribution in [2.24, 2.45) is 0 Å². The SMILES string of the molecule is COc1ccc(OCCOCC[NH+](C)CCO)cc1. The molecule has 0 spiro atoms. The van der Waals surface area contributed by atoms with Crippen LogP contribution in [0.3, 0.4) is 0 Å². The van der Waals surface area contributed by atoms with E-state index in [1.54, 1.807) is 7.11 Å². The zero-order valence-electron chi connectivity index (χ0n) is 11.7. The van der Waals surface area contributed by atoms with E-state index in [-0.39, 0.29) is 6.61 Å². The van der Waals surface area contributed by atoms with Crippen LogP contribution in [0.25, 0.3) is 0 Å². The van der Waals surface area contributed by atoms with Gasteiger partial charge in [0.1, 0.15) is 31.2 Å². The van der Waals surface area contributed by atoms with Crippen molar-refractivity contribution in [3.05, 3.63) is 24.3 Å². The van der Waals surface area contributed by atoms with Gasteiger partial charge in [-0.05, 0) is 24.3 Å². The second-order valence-corrected chi connectivity index (χ2v) is 4.32. The molecule has 5 nitrogen and oxygen atoms in total. The van der Waals surface area contributed by atoms with Crippen LogP contribution in [-0.4, -0.2) is 58.8 Å². The third kappa shape index (κ3) is 7.00. The highest BCUT2D eigenvalue weighted by molar-refractivity contribution is 5.31. The van der Waals surface area contributed by atoms with Crippen molar-refractivity contribution in [1.82, 2.24) is 0 Å². The van der Waals surface area contributed by atoms with Gasteiger partial charge >= 0.3 is 0 Å². The van der Waals surface area contributed by atoms with Crippen molar-refractivity contribution in [2.45, 2.75) is 0 Å². The van der Waals surface area contributed by atoms with Gasteiger partial charge < -0.3 is 24.2 Å². The van der Waals surface area contributed by atoms with Gasteiger partial charge in [0.2, 0.25) is 0 Å². The fraction of sp³-hybridized carbons (Fsp3) is 0.571. The van der Waals surface area contributed by atoms with Crippen LogP contribution >= 0.6 is 0 Å². The monoisotopic (exact) mass is 270 g/mol. The molecule has 0 fully saturated rings. The Morgan fingerprint density at radius 2 is 1.68 bits per heavy atom. The van der Waals surface area contributed by atoms with E-state index in [1.165, 1.54) is 4.90 Å². The van der Waals surface area contributed by atoms with Crippen LogP contribution in [-0.2, 0) is 4.74 Å². The average molecular weight is 270 g/mol. The lowest BCUT2D eigenvalue weighted by Gasteiger charge is -2.12. The summed E-state index contributed by atoms with van der Waals surface area (Å²) in [5.41, 5.74) is 0. The number of likely N-dealkylation sites (N-methyl/N-ethyl adjacent to an activating group) is 1. The van der Waals surface area contributed by atoms with Crippen LogP contribution in [0.15, 0.2) is 24.3 Å². The number of rotatable bonds is 10. The van der Waals surface area contributed by atoms with E-state index in [0.29, 0.717) is 19.8 Å². The molecular formula is C14H24NO4+. The third-order valence-corrected chi connectivity index (χ3v) is 2.77. The van der Waals surface area contributed by atoms with E-state index in [1.807, 2.05) is 31.3 Å². The Labute approximate surface area is 114 Å².